The van der Waals surface area contributed by atoms with Crippen molar-refractivity contribution in [2.45, 2.75) is 17.6 Å². The minimum Gasteiger partial charge on any atom is -0.354 e. The maximum absolute atomic E-state index is 12.2. The first-order valence-electron chi connectivity index (χ1n) is 7.92. The molecule has 2 aliphatic rings. The van der Waals surface area contributed by atoms with Crippen molar-refractivity contribution in [3.05, 3.63) is 91.9 Å². The molecule has 1 aliphatic heterocycles. The summed E-state index contributed by atoms with van der Waals surface area (Å²) in [4.78, 5) is 12.2. The Bertz CT molecular complexity index is 907. The lowest BCUT2D eigenvalue weighted by Gasteiger charge is -2.56. The Morgan fingerprint density at radius 1 is 0.731 bits per heavy atom. The van der Waals surface area contributed by atoms with Crippen LogP contribution >= 0.6 is 46.4 Å². The third-order valence-corrected chi connectivity index (χ3v) is 6.63. The predicted octanol–water partition coefficient (Wildman–Crippen LogP) is 6.24. The van der Waals surface area contributed by atoms with Crippen LogP contribution in [-0.2, 0) is 9.53 Å². The van der Waals surface area contributed by atoms with Crippen LogP contribution in [0, 0.1) is 0 Å². The lowest BCUT2D eigenvalue weighted by molar-refractivity contribution is -0.183. The Labute approximate surface area is 171 Å². The van der Waals surface area contributed by atoms with Crippen LogP contribution in [0.2, 0.25) is 0 Å². The Kier molecular flexibility index (Phi) is 4.66. The van der Waals surface area contributed by atoms with Crippen LogP contribution in [0.4, 0.5) is 0 Å². The van der Waals surface area contributed by atoms with Gasteiger partial charge < -0.3 is 4.74 Å². The first kappa shape index (κ1) is 18.1. The Balaban J connectivity index is 1.91. The number of carbonyl (C=O) groups is 1. The molecule has 0 amide bonds. The number of ether oxygens (including phenoxy) is 1. The van der Waals surface area contributed by atoms with E-state index >= 15 is 0 Å². The van der Waals surface area contributed by atoms with Gasteiger partial charge in [-0.15, -0.1) is 0 Å². The number of benzene rings is 2. The number of hydrogen-bond donors (Lipinski definition) is 0. The highest BCUT2D eigenvalue weighted by Gasteiger charge is 2.64. The first-order chi connectivity index (χ1) is 12.5. The Morgan fingerprint density at radius 3 is 1.69 bits per heavy atom. The molecule has 1 spiro atoms. The van der Waals surface area contributed by atoms with Crippen molar-refractivity contribution >= 4 is 52.2 Å². The van der Waals surface area contributed by atoms with E-state index in [2.05, 4.69) is 0 Å². The lowest BCUT2D eigenvalue weighted by Crippen LogP contribution is -2.56. The molecule has 2 aromatic carbocycles. The SMILES string of the molecule is O=C1C(Cl)=C(Cl)C2(O[C@H](c3ccccc3)[C@H]2c2ccccc2)C(Cl)=C1Cl. The van der Waals surface area contributed by atoms with Crippen molar-refractivity contribution in [1.82, 2.24) is 0 Å². The van der Waals surface area contributed by atoms with E-state index in [0.29, 0.717) is 0 Å². The highest BCUT2D eigenvalue weighted by atomic mass is 35.5. The molecule has 6 heteroatoms. The second-order valence-corrected chi connectivity index (χ2v) is 7.67. The van der Waals surface area contributed by atoms with E-state index in [1.807, 2.05) is 60.7 Å². The summed E-state index contributed by atoms with van der Waals surface area (Å²) in [6.45, 7) is 0. The van der Waals surface area contributed by atoms with Crippen LogP contribution < -0.4 is 0 Å². The maximum atomic E-state index is 12.2. The zero-order valence-corrected chi connectivity index (χ0v) is 16.3. The average Bonchev–Trinajstić information content (AvgIpc) is 2.66. The van der Waals surface area contributed by atoms with Crippen molar-refractivity contribution in [2.75, 3.05) is 0 Å². The summed E-state index contributed by atoms with van der Waals surface area (Å²) in [7, 11) is 0. The number of hydrogen-bond acceptors (Lipinski definition) is 2. The number of Topliss-reactive ketones (excluding diaryl/α,β-unsaturated/α-hetero) is 1. The van der Waals surface area contributed by atoms with E-state index in [1.54, 1.807) is 0 Å². The van der Waals surface area contributed by atoms with Gasteiger partial charge in [-0.3, -0.25) is 4.79 Å². The molecule has 0 radical (unpaired) electrons. The van der Waals surface area contributed by atoms with Crippen molar-refractivity contribution in [1.29, 1.82) is 0 Å². The first-order valence-corrected chi connectivity index (χ1v) is 9.43. The van der Waals surface area contributed by atoms with Crippen molar-refractivity contribution in [3.8, 4) is 0 Å². The topological polar surface area (TPSA) is 26.3 Å². The van der Waals surface area contributed by atoms with Crippen LogP contribution in [0.3, 0.4) is 0 Å². The molecule has 132 valence electrons. The summed E-state index contributed by atoms with van der Waals surface area (Å²) in [6, 6.07) is 19.5. The van der Waals surface area contributed by atoms with Gasteiger partial charge in [0.2, 0.25) is 5.78 Å². The lowest BCUT2D eigenvalue weighted by atomic mass is 9.68. The molecule has 4 rings (SSSR count). The number of carbonyl (C=O) groups excluding carboxylic acids is 1. The van der Waals surface area contributed by atoms with Gasteiger partial charge in [-0.2, -0.15) is 0 Å². The largest absolute Gasteiger partial charge is 0.354 e. The number of rotatable bonds is 2. The second-order valence-electron chi connectivity index (χ2n) is 6.16. The molecule has 1 heterocycles. The van der Waals surface area contributed by atoms with Crippen molar-refractivity contribution in [2.24, 2.45) is 0 Å². The summed E-state index contributed by atoms with van der Waals surface area (Å²) < 4.78 is 6.23. The quantitative estimate of drug-likeness (QED) is 0.568. The van der Waals surface area contributed by atoms with E-state index in [-0.39, 0.29) is 32.2 Å². The summed E-state index contributed by atoms with van der Waals surface area (Å²) in [5, 5.41) is -0.179. The minimum atomic E-state index is -1.26. The van der Waals surface area contributed by atoms with Crippen LogP contribution in [0.1, 0.15) is 23.1 Å². The number of halogens is 4. The van der Waals surface area contributed by atoms with Gasteiger partial charge in [0.05, 0.1) is 22.1 Å². The maximum Gasteiger partial charge on any atom is 0.218 e. The molecular weight excluding hydrogens is 414 g/mol. The van der Waals surface area contributed by atoms with Crippen LogP contribution in [0.25, 0.3) is 0 Å². The monoisotopic (exact) mass is 424 g/mol. The fraction of sp³-hybridized carbons (Fsp3) is 0.150. The standard InChI is InChI=1S/C20H12Cl4O2/c21-14-16(25)15(22)19(24)20(18(14)23)13(11-7-3-1-4-8-11)17(26-20)12-9-5-2-6-10-12/h1-10,13,17H/t13-,17-/m1/s1. The average molecular weight is 426 g/mol. The Hall–Kier alpha value is -1.29. The predicted molar refractivity (Wildman–Crippen MR) is 105 cm³/mol. The number of ketones is 1. The molecule has 0 N–H and O–H groups in total. The molecule has 1 fully saturated rings. The summed E-state index contributed by atoms with van der Waals surface area (Å²) in [5.41, 5.74) is 0.685. The third kappa shape index (κ3) is 2.48. The van der Waals surface area contributed by atoms with Gasteiger partial charge in [-0.25, -0.2) is 0 Å². The zero-order valence-electron chi connectivity index (χ0n) is 13.3. The molecule has 0 bridgehead atoms. The molecule has 1 aliphatic carbocycles. The van der Waals surface area contributed by atoms with E-state index < -0.39 is 11.4 Å². The van der Waals surface area contributed by atoms with Crippen molar-refractivity contribution in [3.63, 3.8) is 0 Å². The van der Waals surface area contributed by atoms with Gasteiger partial charge in [0.25, 0.3) is 0 Å². The zero-order chi connectivity index (χ0) is 18.5. The van der Waals surface area contributed by atoms with Gasteiger partial charge in [0.15, 0.2) is 5.60 Å². The van der Waals surface area contributed by atoms with E-state index in [4.69, 9.17) is 51.1 Å². The van der Waals surface area contributed by atoms with Gasteiger partial charge in [-0.05, 0) is 11.1 Å². The van der Waals surface area contributed by atoms with Crippen LogP contribution in [0.5, 0.6) is 0 Å². The summed E-state index contributed by atoms with van der Waals surface area (Å²) in [6.07, 6.45) is -0.303. The molecule has 26 heavy (non-hydrogen) atoms. The molecule has 1 saturated heterocycles. The van der Waals surface area contributed by atoms with E-state index in [0.717, 1.165) is 11.1 Å². The normalized spacial score (nSPS) is 24.8. The Morgan fingerprint density at radius 2 is 1.19 bits per heavy atom. The van der Waals surface area contributed by atoms with E-state index in [1.165, 1.54) is 0 Å². The van der Waals surface area contributed by atoms with Crippen molar-refractivity contribution < 1.29 is 9.53 Å². The summed E-state index contributed by atoms with van der Waals surface area (Å²) >= 11 is 25.3. The van der Waals surface area contributed by atoms with Crippen LogP contribution in [-0.4, -0.2) is 11.4 Å². The fourth-order valence-corrected chi connectivity index (χ4v) is 4.80. The van der Waals surface area contributed by atoms with E-state index in [9.17, 15) is 4.79 Å². The van der Waals surface area contributed by atoms with Crippen LogP contribution in [0.15, 0.2) is 80.8 Å². The highest BCUT2D eigenvalue weighted by Crippen LogP contribution is 2.65. The molecule has 0 unspecified atom stereocenters. The molecule has 0 saturated carbocycles. The van der Waals surface area contributed by atoms with Gasteiger partial charge >= 0.3 is 0 Å². The highest BCUT2D eigenvalue weighted by molar-refractivity contribution is 6.61. The van der Waals surface area contributed by atoms with Gasteiger partial charge in [-0.1, -0.05) is 107 Å². The molecule has 0 aromatic heterocycles. The van der Waals surface area contributed by atoms with Gasteiger partial charge in [0.1, 0.15) is 10.1 Å². The molecule has 2 nitrogen and oxygen atoms in total. The summed E-state index contributed by atoms with van der Waals surface area (Å²) in [5.74, 6) is -0.866. The molecule has 2 aromatic rings. The number of allylic oxidation sites excluding steroid dienone is 2. The third-order valence-electron chi connectivity index (χ3n) is 4.78. The molecular formula is C20H12Cl4O2. The fourth-order valence-electron chi connectivity index (χ4n) is 3.55. The smallest absolute Gasteiger partial charge is 0.218 e. The van der Waals surface area contributed by atoms with Gasteiger partial charge in [0, 0.05) is 0 Å². The molecule has 2 atom stereocenters. The minimum absolute atomic E-state index is 0.0691. The second kappa shape index (κ2) is 6.70.